The molecule has 0 unspecified atom stereocenters. The van der Waals surface area contributed by atoms with Crippen molar-refractivity contribution in [3.8, 4) is 10.4 Å². The first-order valence-corrected chi connectivity index (χ1v) is 11.9. The Kier molecular flexibility index (Phi) is 6.84. The number of carbonyl (C=O) groups excluding carboxylic acids is 1. The molecule has 158 valence electrons. The summed E-state index contributed by atoms with van der Waals surface area (Å²) in [7, 11) is 1.70. The van der Waals surface area contributed by atoms with E-state index in [1.54, 1.807) is 7.05 Å². The molecule has 2 heterocycles. The van der Waals surface area contributed by atoms with Crippen molar-refractivity contribution >= 4 is 39.2 Å². The van der Waals surface area contributed by atoms with Gasteiger partial charge in [-0.2, -0.15) is 0 Å². The average molecular weight is 450 g/mol. The van der Waals surface area contributed by atoms with Crippen molar-refractivity contribution in [1.29, 1.82) is 0 Å². The van der Waals surface area contributed by atoms with E-state index < -0.39 is 0 Å². The summed E-state index contributed by atoms with van der Waals surface area (Å²) in [6, 6.07) is 22.1. The third-order valence-electron chi connectivity index (χ3n) is 4.93. The molecule has 2 aromatic carbocycles. The summed E-state index contributed by atoms with van der Waals surface area (Å²) in [5.74, 6) is 0.178. The molecule has 4 aromatic rings. The lowest BCUT2D eigenvalue weighted by molar-refractivity contribution is -0.118. The number of rotatable bonds is 8. The third-order valence-corrected chi connectivity index (χ3v) is 7.04. The summed E-state index contributed by atoms with van der Waals surface area (Å²) in [6.45, 7) is 0.630. The fourth-order valence-corrected chi connectivity index (χ4v) is 5.15. The summed E-state index contributed by atoms with van der Waals surface area (Å²) >= 11 is 2.79. The number of thioether (sulfide) groups is 1. The van der Waals surface area contributed by atoms with Crippen molar-refractivity contribution in [2.75, 3.05) is 12.3 Å². The standard InChI is InChI=1S/C24H23N3O2S2/c1-27-23(29)19-15-20(18-12-6-3-7-13-18)31-22(19)26-24(27)30-16-21(28)25-14-8-11-17-9-4-2-5-10-17/h2-7,9-10,12-13,15H,8,11,14,16H2,1H3,(H,25,28). The quantitative estimate of drug-likeness (QED) is 0.244. The van der Waals surface area contributed by atoms with Crippen LogP contribution in [0.3, 0.4) is 0 Å². The van der Waals surface area contributed by atoms with Gasteiger partial charge in [0.1, 0.15) is 4.83 Å². The van der Waals surface area contributed by atoms with Gasteiger partial charge in [0.05, 0.1) is 11.1 Å². The Morgan fingerprint density at radius 1 is 1.10 bits per heavy atom. The first-order valence-electron chi connectivity index (χ1n) is 10.1. The number of thiophene rings is 1. The maximum absolute atomic E-state index is 12.8. The topological polar surface area (TPSA) is 64.0 Å². The molecule has 5 nitrogen and oxygen atoms in total. The molecule has 0 aliphatic rings. The van der Waals surface area contributed by atoms with Crippen molar-refractivity contribution in [1.82, 2.24) is 14.9 Å². The molecule has 0 spiro atoms. The van der Waals surface area contributed by atoms with Gasteiger partial charge in [0, 0.05) is 18.5 Å². The van der Waals surface area contributed by atoms with Crippen molar-refractivity contribution in [3.63, 3.8) is 0 Å². The van der Waals surface area contributed by atoms with Gasteiger partial charge in [-0.25, -0.2) is 4.98 Å². The van der Waals surface area contributed by atoms with Crippen LogP contribution in [0.1, 0.15) is 12.0 Å². The van der Waals surface area contributed by atoms with Gasteiger partial charge in [-0.15, -0.1) is 11.3 Å². The summed E-state index contributed by atoms with van der Waals surface area (Å²) < 4.78 is 1.52. The molecule has 0 atom stereocenters. The zero-order valence-corrected chi connectivity index (χ0v) is 18.8. The van der Waals surface area contributed by atoms with Crippen molar-refractivity contribution in [2.24, 2.45) is 7.05 Å². The van der Waals surface area contributed by atoms with E-state index in [0.29, 0.717) is 21.9 Å². The van der Waals surface area contributed by atoms with E-state index >= 15 is 0 Å². The highest BCUT2D eigenvalue weighted by molar-refractivity contribution is 7.99. The zero-order valence-electron chi connectivity index (χ0n) is 17.2. The van der Waals surface area contributed by atoms with Crippen LogP contribution in [-0.4, -0.2) is 27.8 Å². The molecule has 0 bridgehead atoms. The monoisotopic (exact) mass is 449 g/mol. The molecule has 0 saturated heterocycles. The second-order valence-corrected chi connectivity index (χ2v) is 9.15. The molecule has 0 radical (unpaired) electrons. The van der Waals surface area contributed by atoms with Gasteiger partial charge in [-0.05, 0) is 30.0 Å². The van der Waals surface area contributed by atoms with Gasteiger partial charge in [-0.1, -0.05) is 72.4 Å². The Balaban J connectivity index is 1.37. The minimum atomic E-state index is -0.0887. The number of fused-ring (bicyclic) bond motifs is 1. The lowest BCUT2D eigenvalue weighted by Gasteiger charge is -2.08. The molecule has 1 N–H and O–H groups in total. The normalized spacial score (nSPS) is 11.0. The lowest BCUT2D eigenvalue weighted by atomic mass is 10.1. The van der Waals surface area contributed by atoms with E-state index in [-0.39, 0.29) is 17.2 Å². The molecule has 1 amide bonds. The van der Waals surface area contributed by atoms with E-state index in [2.05, 4.69) is 22.4 Å². The number of aromatic nitrogens is 2. The van der Waals surface area contributed by atoms with E-state index in [1.807, 2.05) is 54.6 Å². The van der Waals surface area contributed by atoms with Crippen molar-refractivity contribution in [3.05, 3.63) is 82.6 Å². The highest BCUT2D eigenvalue weighted by Crippen LogP contribution is 2.31. The molecular formula is C24H23N3O2S2. The third kappa shape index (κ3) is 5.24. The van der Waals surface area contributed by atoms with Crippen molar-refractivity contribution in [2.45, 2.75) is 18.0 Å². The number of carbonyl (C=O) groups is 1. The molecule has 31 heavy (non-hydrogen) atoms. The van der Waals surface area contributed by atoms with Crippen LogP contribution in [-0.2, 0) is 18.3 Å². The Bertz CT molecular complexity index is 1230. The van der Waals surface area contributed by atoms with Gasteiger partial charge in [0.2, 0.25) is 5.91 Å². The van der Waals surface area contributed by atoms with Crippen LogP contribution in [0.5, 0.6) is 0 Å². The van der Waals surface area contributed by atoms with E-state index in [9.17, 15) is 9.59 Å². The molecule has 2 aromatic heterocycles. The molecule has 4 rings (SSSR count). The molecular weight excluding hydrogens is 426 g/mol. The molecule has 7 heteroatoms. The van der Waals surface area contributed by atoms with E-state index in [1.165, 1.54) is 33.2 Å². The second kappa shape index (κ2) is 9.94. The Hall–Kier alpha value is -2.90. The SMILES string of the molecule is Cn1c(SCC(=O)NCCCc2ccccc2)nc2sc(-c3ccccc3)cc2c1=O. The maximum Gasteiger partial charge on any atom is 0.262 e. The molecule has 0 saturated carbocycles. The molecule has 0 fully saturated rings. The fourth-order valence-electron chi connectivity index (χ4n) is 3.27. The summed E-state index contributed by atoms with van der Waals surface area (Å²) in [5, 5.41) is 4.11. The highest BCUT2D eigenvalue weighted by atomic mass is 32.2. The van der Waals surface area contributed by atoms with E-state index in [4.69, 9.17) is 0 Å². The lowest BCUT2D eigenvalue weighted by Crippen LogP contribution is -2.27. The van der Waals surface area contributed by atoms with Gasteiger partial charge in [0.15, 0.2) is 5.16 Å². The van der Waals surface area contributed by atoms with Gasteiger partial charge in [-0.3, -0.25) is 14.2 Å². The predicted octanol–water partition coefficient (Wildman–Crippen LogP) is 4.50. The number of amides is 1. The van der Waals surface area contributed by atoms with Crippen LogP contribution in [0.4, 0.5) is 0 Å². The van der Waals surface area contributed by atoms with Gasteiger partial charge >= 0.3 is 0 Å². The summed E-state index contributed by atoms with van der Waals surface area (Å²) in [5.41, 5.74) is 2.25. The largest absolute Gasteiger partial charge is 0.355 e. The van der Waals surface area contributed by atoms with Crippen LogP contribution < -0.4 is 10.9 Å². The Morgan fingerprint density at radius 3 is 2.55 bits per heavy atom. The first-order chi connectivity index (χ1) is 15.1. The van der Waals surface area contributed by atoms with Gasteiger partial charge < -0.3 is 5.32 Å². The predicted molar refractivity (Wildman–Crippen MR) is 129 cm³/mol. The zero-order chi connectivity index (χ0) is 21.6. The summed E-state index contributed by atoms with van der Waals surface area (Å²) in [4.78, 5) is 31.4. The number of aryl methyl sites for hydroxylation is 1. The summed E-state index contributed by atoms with van der Waals surface area (Å²) in [6.07, 6.45) is 1.82. The number of hydrogen-bond acceptors (Lipinski definition) is 5. The van der Waals surface area contributed by atoms with Crippen LogP contribution in [0.15, 0.2) is 76.7 Å². The highest BCUT2D eigenvalue weighted by Gasteiger charge is 2.14. The second-order valence-electron chi connectivity index (χ2n) is 7.18. The fraction of sp³-hybridized carbons (Fsp3) is 0.208. The minimum Gasteiger partial charge on any atom is -0.355 e. The average Bonchev–Trinajstić information content (AvgIpc) is 3.24. The van der Waals surface area contributed by atoms with Crippen LogP contribution in [0.2, 0.25) is 0 Å². The molecule has 0 aliphatic heterocycles. The first kappa shape index (κ1) is 21.3. The Morgan fingerprint density at radius 2 is 1.81 bits per heavy atom. The minimum absolute atomic E-state index is 0.0523. The van der Waals surface area contributed by atoms with Gasteiger partial charge in [0.25, 0.3) is 5.56 Å². The smallest absolute Gasteiger partial charge is 0.262 e. The number of nitrogens with one attached hydrogen (secondary N) is 1. The van der Waals surface area contributed by atoms with Crippen LogP contribution in [0.25, 0.3) is 20.7 Å². The Labute approximate surface area is 189 Å². The van der Waals surface area contributed by atoms with E-state index in [0.717, 1.165) is 23.3 Å². The number of nitrogens with zero attached hydrogens (tertiary/aromatic N) is 2. The number of benzene rings is 2. The van der Waals surface area contributed by atoms with Crippen molar-refractivity contribution < 1.29 is 4.79 Å². The number of hydrogen-bond donors (Lipinski definition) is 1. The van der Waals surface area contributed by atoms with Crippen LogP contribution in [0, 0.1) is 0 Å². The van der Waals surface area contributed by atoms with Crippen LogP contribution >= 0.6 is 23.1 Å². The molecule has 0 aliphatic carbocycles. The maximum atomic E-state index is 12.8.